The second-order valence-corrected chi connectivity index (χ2v) is 9.07. The summed E-state index contributed by atoms with van der Waals surface area (Å²) in [6.07, 6.45) is 3.23. The molecule has 2 fully saturated rings. The molecule has 2 aliphatic heterocycles. The van der Waals surface area contributed by atoms with Gasteiger partial charge in [0.2, 0.25) is 0 Å². The molecule has 2 aromatic rings. The number of aryl methyl sites for hydroxylation is 2. The summed E-state index contributed by atoms with van der Waals surface area (Å²) < 4.78 is 5.43. The van der Waals surface area contributed by atoms with Crippen LogP contribution >= 0.6 is 0 Å². The number of hydrogen-bond acceptors (Lipinski definition) is 3. The fraction of sp³-hybridized carbons (Fsp3) is 0.500. The molecular weight excluding hydrogens is 386 g/mol. The summed E-state index contributed by atoms with van der Waals surface area (Å²) in [4.78, 5) is 17.0. The number of likely N-dealkylation sites (tertiary alicyclic amines) is 1. The second-order valence-electron chi connectivity index (χ2n) is 9.07. The number of carbonyl (C=O) groups excluding carboxylic acids is 1. The van der Waals surface area contributed by atoms with Crippen LogP contribution in [0.5, 0.6) is 0 Å². The molecular formula is C26H35N3O2. The number of carbonyl (C=O) groups is 1. The number of nitrogens with one attached hydrogen (secondary N) is 1. The molecule has 0 aliphatic carbocycles. The number of hydrogen-bond donors (Lipinski definition) is 1. The predicted molar refractivity (Wildman–Crippen MR) is 125 cm³/mol. The average molecular weight is 422 g/mol. The van der Waals surface area contributed by atoms with E-state index in [1.165, 1.54) is 22.3 Å². The summed E-state index contributed by atoms with van der Waals surface area (Å²) in [6.45, 7) is 10.6. The van der Waals surface area contributed by atoms with Crippen LogP contribution in [-0.2, 0) is 17.7 Å². The van der Waals surface area contributed by atoms with Crippen molar-refractivity contribution in [3.05, 3.63) is 64.7 Å². The monoisotopic (exact) mass is 421 g/mol. The van der Waals surface area contributed by atoms with Gasteiger partial charge in [0.1, 0.15) is 0 Å². The van der Waals surface area contributed by atoms with Gasteiger partial charge in [0.15, 0.2) is 0 Å². The quantitative estimate of drug-likeness (QED) is 0.766. The lowest BCUT2D eigenvalue weighted by Gasteiger charge is -2.32. The molecule has 5 heteroatoms. The number of ether oxygens (including phenoxy) is 1. The average Bonchev–Trinajstić information content (AvgIpc) is 2.79. The van der Waals surface area contributed by atoms with Gasteiger partial charge in [0, 0.05) is 38.4 Å². The Balaban J connectivity index is 1.22. The van der Waals surface area contributed by atoms with E-state index in [-0.39, 0.29) is 6.03 Å². The topological polar surface area (TPSA) is 44.8 Å². The van der Waals surface area contributed by atoms with Crippen LogP contribution in [0.25, 0.3) is 0 Å². The third-order valence-electron chi connectivity index (χ3n) is 6.72. The molecule has 4 rings (SSSR count). The highest BCUT2D eigenvalue weighted by Crippen LogP contribution is 2.23. The van der Waals surface area contributed by atoms with E-state index in [4.69, 9.17) is 4.74 Å². The van der Waals surface area contributed by atoms with Crippen LogP contribution in [-0.4, -0.2) is 55.2 Å². The fourth-order valence-corrected chi connectivity index (χ4v) is 4.49. The van der Waals surface area contributed by atoms with Gasteiger partial charge in [0.25, 0.3) is 0 Å². The van der Waals surface area contributed by atoms with E-state index in [2.05, 4.69) is 54.4 Å². The molecule has 0 saturated carbocycles. The highest BCUT2D eigenvalue weighted by Gasteiger charge is 2.23. The van der Waals surface area contributed by atoms with Crippen molar-refractivity contribution >= 4 is 11.7 Å². The van der Waals surface area contributed by atoms with Gasteiger partial charge < -0.3 is 15.0 Å². The molecule has 5 nitrogen and oxygen atoms in total. The molecule has 2 heterocycles. The van der Waals surface area contributed by atoms with E-state index in [1.54, 1.807) is 0 Å². The summed E-state index contributed by atoms with van der Waals surface area (Å²) in [7, 11) is 0. The number of anilines is 1. The van der Waals surface area contributed by atoms with Crippen molar-refractivity contribution in [1.29, 1.82) is 0 Å². The van der Waals surface area contributed by atoms with Crippen molar-refractivity contribution in [2.45, 2.75) is 39.7 Å². The van der Waals surface area contributed by atoms with Gasteiger partial charge in [-0.05, 0) is 73.4 Å². The highest BCUT2D eigenvalue weighted by atomic mass is 16.5. The van der Waals surface area contributed by atoms with E-state index in [1.807, 2.05) is 17.0 Å². The van der Waals surface area contributed by atoms with Crippen molar-refractivity contribution in [1.82, 2.24) is 9.80 Å². The normalized spacial score (nSPS) is 18.2. The first-order chi connectivity index (χ1) is 15.1. The lowest BCUT2D eigenvalue weighted by atomic mass is 9.90. The molecule has 0 unspecified atom stereocenters. The Morgan fingerprint density at radius 2 is 1.61 bits per heavy atom. The van der Waals surface area contributed by atoms with Crippen LogP contribution in [0.15, 0.2) is 42.5 Å². The molecule has 0 radical (unpaired) electrons. The Kier molecular flexibility index (Phi) is 7.25. The first-order valence-electron chi connectivity index (χ1n) is 11.6. The number of morpholine rings is 1. The highest BCUT2D eigenvalue weighted by molar-refractivity contribution is 5.89. The minimum absolute atomic E-state index is 0.0224. The Morgan fingerprint density at radius 1 is 0.935 bits per heavy atom. The van der Waals surface area contributed by atoms with Crippen LogP contribution in [0.2, 0.25) is 0 Å². The maximum atomic E-state index is 12.6. The largest absolute Gasteiger partial charge is 0.379 e. The molecule has 0 bridgehead atoms. The number of benzene rings is 2. The van der Waals surface area contributed by atoms with Gasteiger partial charge >= 0.3 is 6.03 Å². The molecule has 1 N–H and O–H groups in total. The van der Waals surface area contributed by atoms with Crippen LogP contribution in [0, 0.1) is 19.8 Å². The number of urea groups is 1. The Hall–Kier alpha value is -2.37. The summed E-state index contributed by atoms with van der Waals surface area (Å²) in [5, 5.41) is 3.06. The molecule has 0 atom stereocenters. The molecule has 166 valence electrons. The van der Waals surface area contributed by atoms with Crippen LogP contribution in [0.3, 0.4) is 0 Å². The van der Waals surface area contributed by atoms with E-state index >= 15 is 0 Å². The molecule has 31 heavy (non-hydrogen) atoms. The van der Waals surface area contributed by atoms with E-state index in [0.717, 1.165) is 70.9 Å². The SMILES string of the molecule is Cc1ccc(NC(=O)N2CCC(Cc3ccc(CN4CCOCC4)cc3)CC2)cc1C. The van der Waals surface area contributed by atoms with E-state index in [9.17, 15) is 4.79 Å². The van der Waals surface area contributed by atoms with E-state index < -0.39 is 0 Å². The standard InChI is InChI=1S/C26H35N3O2/c1-20-3-8-25(17-21(20)2)27-26(30)29-11-9-23(10-12-29)18-22-4-6-24(7-5-22)19-28-13-15-31-16-14-28/h3-8,17,23H,9-16,18-19H2,1-2H3,(H,27,30). The Morgan fingerprint density at radius 3 is 2.29 bits per heavy atom. The lowest BCUT2D eigenvalue weighted by Crippen LogP contribution is -2.41. The van der Waals surface area contributed by atoms with Gasteiger partial charge in [-0.2, -0.15) is 0 Å². The first-order valence-corrected chi connectivity index (χ1v) is 11.6. The summed E-state index contributed by atoms with van der Waals surface area (Å²) >= 11 is 0. The van der Waals surface area contributed by atoms with Crippen molar-refractivity contribution < 1.29 is 9.53 Å². The van der Waals surface area contributed by atoms with Crippen LogP contribution in [0.1, 0.15) is 35.1 Å². The number of nitrogens with zero attached hydrogens (tertiary/aromatic N) is 2. The molecule has 2 aliphatic rings. The molecule has 0 spiro atoms. The van der Waals surface area contributed by atoms with Crippen LogP contribution < -0.4 is 5.32 Å². The zero-order valence-corrected chi connectivity index (χ0v) is 18.9. The van der Waals surface area contributed by atoms with E-state index in [0.29, 0.717) is 5.92 Å². The first kappa shape index (κ1) is 21.8. The maximum absolute atomic E-state index is 12.6. The Bertz CT molecular complexity index is 867. The van der Waals surface area contributed by atoms with Gasteiger partial charge in [-0.25, -0.2) is 4.79 Å². The number of amides is 2. The van der Waals surface area contributed by atoms with Crippen molar-refractivity contribution in [2.75, 3.05) is 44.7 Å². The van der Waals surface area contributed by atoms with Crippen molar-refractivity contribution in [3.8, 4) is 0 Å². The third kappa shape index (κ3) is 6.08. The molecule has 2 aromatic carbocycles. The third-order valence-corrected chi connectivity index (χ3v) is 6.72. The maximum Gasteiger partial charge on any atom is 0.321 e. The summed E-state index contributed by atoms with van der Waals surface area (Å²) in [5.41, 5.74) is 6.11. The minimum atomic E-state index is 0.0224. The van der Waals surface area contributed by atoms with Crippen LogP contribution in [0.4, 0.5) is 10.5 Å². The smallest absolute Gasteiger partial charge is 0.321 e. The predicted octanol–water partition coefficient (Wildman–Crippen LogP) is 4.62. The van der Waals surface area contributed by atoms with Gasteiger partial charge in [-0.3, -0.25) is 4.90 Å². The van der Waals surface area contributed by atoms with Gasteiger partial charge in [-0.15, -0.1) is 0 Å². The zero-order chi connectivity index (χ0) is 21.6. The number of rotatable bonds is 5. The summed E-state index contributed by atoms with van der Waals surface area (Å²) in [6, 6.07) is 15.2. The minimum Gasteiger partial charge on any atom is -0.379 e. The van der Waals surface area contributed by atoms with Gasteiger partial charge in [0.05, 0.1) is 13.2 Å². The van der Waals surface area contributed by atoms with Crippen molar-refractivity contribution in [3.63, 3.8) is 0 Å². The summed E-state index contributed by atoms with van der Waals surface area (Å²) in [5.74, 6) is 0.649. The molecule has 0 aromatic heterocycles. The molecule has 2 amide bonds. The zero-order valence-electron chi connectivity index (χ0n) is 18.9. The fourth-order valence-electron chi connectivity index (χ4n) is 4.49. The molecule has 2 saturated heterocycles. The lowest BCUT2D eigenvalue weighted by molar-refractivity contribution is 0.0342. The Labute approximate surface area is 186 Å². The second kappa shape index (κ2) is 10.3. The number of piperidine rings is 1. The van der Waals surface area contributed by atoms with Gasteiger partial charge in [-0.1, -0.05) is 30.3 Å². The van der Waals surface area contributed by atoms with Crippen molar-refractivity contribution in [2.24, 2.45) is 5.92 Å².